The number of hydrogen-bond donors (Lipinski definition) is 1. The molecule has 0 radical (unpaired) electrons. The molecular formula is C21H24N4O5. The molecule has 1 aliphatic heterocycles. The summed E-state index contributed by atoms with van der Waals surface area (Å²) in [6.45, 7) is 4.95. The lowest BCUT2D eigenvalue weighted by Gasteiger charge is -2.29. The average molecular weight is 412 g/mol. The van der Waals surface area contributed by atoms with Crippen molar-refractivity contribution < 1.29 is 19.2 Å². The highest BCUT2D eigenvalue weighted by Gasteiger charge is 2.19. The fourth-order valence-electron chi connectivity index (χ4n) is 3.21. The van der Waals surface area contributed by atoms with Crippen molar-refractivity contribution >= 4 is 28.9 Å². The van der Waals surface area contributed by atoms with Crippen LogP contribution in [0.3, 0.4) is 0 Å². The van der Waals surface area contributed by atoms with Gasteiger partial charge >= 0.3 is 0 Å². The molecule has 1 saturated heterocycles. The molecule has 9 heteroatoms. The van der Waals surface area contributed by atoms with Crippen LogP contribution in [0.25, 0.3) is 0 Å². The highest BCUT2D eigenvalue weighted by atomic mass is 16.6. The molecular weight excluding hydrogens is 388 g/mol. The Balaban J connectivity index is 1.60. The van der Waals surface area contributed by atoms with Gasteiger partial charge in [-0.2, -0.15) is 0 Å². The van der Waals surface area contributed by atoms with Gasteiger partial charge < -0.3 is 19.9 Å². The highest BCUT2D eigenvalue weighted by Crippen LogP contribution is 2.19. The number of likely N-dealkylation sites (N-methyl/N-ethyl adjacent to an activating group) is 1. The van der Waals surface area contributed by atoms with E-state index in [1.54, 1.807) is 6.92 Å². The molecule has 0 aliphatic carbocycles. The third kappa shape index (κ3) is 5.32. The number of nitrogens with one attached hydrogen (secondary N) is 1. The maximum atomic E-state index is 12.7. The smallest absolute Gasteiger partial charge is 0.270 e. The van der Waals surface area contributed by atoms with Crippen LogP contribution in [0.1, 0.15) is 17.3 Å². The largest absolute Gasteiger partial charge is 0.378 e. The summed E-state index contributed by atoms with van der Waals surface area (Å²) in [6.07, 6.45) is 0. The fourth-order valence-corrected chi connectivity index (χ4v) is 3.21. The van der Waals surface area contributed by atoms with E-state index in [0.717, 1.165) is 18.8 Å². The van der Waals surface area contributed by atoms with Crippen molar-refractivity contribution in [1.82, 2.24) is 4.90 Å². The van der Waals surface area contributed by atoms with Crippen LogP contribution in [0.15, 0.2) is 48.5 Å². The minimum absolute atomic E-state index is 0.150. The van der Waals surface area contributed by atoms with E-state index in [0.29, 0.717) is 25.4 Å². The van der Waals surface area contributed by atoms with Crippen molar-refractivity contribution in [2.45, 2.75) is 6.92 Å². The van der Waals surface area contributed by atoms with Crippen LogP contribution in [0.4, 0.5) is 17.1 Å². The molecule has 2 aromatic rings. The number of ether oxygens (including phenoxy) is 1. The third-order valence-electron chi connectivity index (χ3n) is 4.83. The molecule has 0 unspecified atom stereocenters. The zero-order valence-electron chi connectivity index (χ0n) is 16.7. The van der Waals surface area contributed by atoms with Crippen molar-refractivity contribution in [3.8, 4) is 0 Å². The van der Waals surface area contributed by atoms with Gasteiger partial charge in [0, 0.05) is 48.7 Å². The van der Waals surface area contributed by atoms with E-state index in [9.17, 15) is 19.7 Å². The summed E-state index contributed by atoms with van der Waals surface area (Å²) in [6, 6.07) is 13.0. The van der Waals surface area contributed by atoms with Crippen LogP contribution < -0.4 is 10.2 Å². The molecule has 2 amide bonds. The summed E-state index contributed by atoms with van der Waals surface area (Å²) in [5.41, 5.74) is 1.71. The number of nitro groups is 1. The molecule has 1 aliphatic rings. The zero-order valence-corrected chi connectivity index (χ0v) is 16.7. The molecule has 30 heavy (non-hydrogen) atoms. The second-order valence-electron chi connectivity index (χ2n) is 6.82. The molecule has 0 aromatic heterocycles. The summed E-state index contributed by atoms with van der Waals surface area (Å²) in [5.74, 6) is -0.770. The van der Waals surface area contributed by atoms with Gasteiger partial charge in [-0.3, -0.25) is 19.7 Å². The molecule has 3 rings (SSSR count). The van der Waals surface area contributed by atoms with Gasteiger partial charge in [-0.1, -0.05) is 6.07 Å². The second kappa shape index (κ2) is 9.84. The molecule has 0 atom stereocenters. The Bertz CT molecular complexity index is 910. The first-order valence-corrected chi connectivity index (χ1v) is 9.74. The maximum Gasteiger partial charge on any atom is 0.270 e. The number of anilines is 2. The third-order valence-corrected chi connectivity index (χ3v) is 4.83. The molecule has 158 valence electrons. The summed E-state index contributed by atoms with van der Waals surface area (Å²) < 4.78 is 5.35. The molecule has 2 aromatic carbocycles. The van der Waals surface area contributed by atoms with Crippen molar-refractivity contribution in [3.63, 3.8) is 0 Å². The summed E-state index contributed by atoms with van der Waals surface area (Å²) in [4.78, 5) is 39.0. The standard InChI is InChI=1S/C21H24N4O5/c1-2-23(21(27)16-4-3-5-19(14-16)25(28)29)15-20(26)22-17-6-8-18(9-7-17)24-10-12-30-13-11-24/h3-9,14H,2,10-13,15H2,1H3,(H,22,26). The minimum atomic E-state index is -0.555. The molecule has 1 N–H and O–H groups in total. The molecule has 9 nitrogen and oxygen atoms in total. The van der Waals surface area contributed by atoms with E-state index in [-0.39, 0.29) is 23.7 Å². The Hall–Kier alpha value is -3.46. The van der Waals surface area contributed by atoms with Gasteiger partial charge in [0.05, 0.1) is 18.1 Å². The zero-order chi connectivity index (χ0) is 21.5. The number of rotatable bonds is 7. The molecule has 0 spiro atoms. The van der Waals surface area contributed by atoms with Crippen molar-refractivity contribution in [1.29, 1.82) is 0 Å². The first-order chi connectivity index (χ1) is 14.5. The molecule has 0 saturated carbocycles. The number of benzene rings is 2. The van der Waals surface area contributed by atoms with Crippen LogP contribution in [0.2, 0.25) is 0 Å². The summed E-state index contributed by atoms with van der Waals surface area (Å²) >= 11 is 0. The van der Waals surface area contributed by atoms with Gasteiger partial charge in [0.2, 0.25) is 5.91 Å². The Morgan fingerprint density at radius 1 is 1.17 bits per heavy atom. The number of amides is 2. The molecule has 1 fully saturated rings. The van der Waals surface area contributed by atoms with E-state index < -0.39 is 10.8 Å². The van der Waals surface area contributed by atoms with Gasteiger partial charge in [-0.15, -0.1) is 0 Å². The predicted octanol–water partition coefficient (Wildman–Crippen LogP) is 2.53. The monoisotopic (exact) mass is 412 g/mol. The fraction of sp³-hybridized carbons (Fsp3) is 0.333. The van der Waals surface area contributed by atoms with Gasteiger partial charge in [-0.05, 0) is 37.3 Å². The van der Waals surface area contributed by atoms with E-state index in [1.807, 2.05) is 24.3 Å². The Morgan fingerprint density at radius 3 is 2.50 bits per heavy atom. The van der Waals surface area contributed by atoms with Gasteiger partial charge in [-0.25, -0.2) is 0 Å². The van der Waals surface area contributed by atoms with Crippen LogP contribution >= 0.6 is 0 Å². The number of nitro benzene ring substituents is 1. The van der Waals surface area contributed by atoms with Crippen molar-refractivity contribution in [3.05, 3.63) is 64.2 Å². The normalized spacial score (nSPS) is 13.6. The van der Waals surface area contributed by atoms with E-state index >= 15 is 0 Å². The van der Waals surface area contributed by atoms with Crippen LogP contribution in [0, 0.1) is 10.1 Å². The summed E-state index contributed by atoms with van der Waals surface area (Å²) in [5, 5.41) is 13.7. The first kappa shape index (κ1) is 21.3. The van der Waals surface area contributed by atoms with E-state index in [2.05, 4.69) is 10.2 Å². The minimum Gasteiger partial charge on any atom is -0.378 e. The number of carbonyl (C=O) groups is 2. The summed E-state index contributed by atoms with van der Waals surface area (Å²) in [7, 11) is 0. The predicted molar refractivity (Wildman–Crippen MR) is 113 cm³/mol. The first-order valence-electron chi connectivity index (χ1n) is 9.74. The topological polar surface area (TPSA) is 105 Å². The number of nitrogens with zero attached hydrogens (tertiary/aromatic N) is 3. The van der Waals surface area contributed by atoms with Crippen LogP contribution in [-0.2, 0) is 9.53 Å². The Morgan fingerprint density at radius 2 is 1.87 bits per heavy atom. The molecule has 1 heterocycles. The Labute approximate surface area is 174 Å². The van der Waals surface area contributed by atoms with E-state index in [1.165, 1.54) is 29.2 Å². The lowest BCUT2D eigenvalue weighted by Crippen LogP contribution is -2.38. The second-order valence-corrected chi connectivity index (χ2v) is 6.82. The Kier molecular flexibility index (Phi) is 6.97. The lowest BCUT2D eigenvalue weighted by atomic mass is 10.1. The number of carbonyl (C=O) groups excluding carboxylic acids is 2. The quantitative estimate of drug-likeness (QED) is 0.553. The number of non-ortho nitro benzene ring substituents is 1. The van der Waals surface area contributed by atoms with Crippen molar-refractivity contribution in [2.75, 3.05) is 49.6 Å². The number of hydrogen-bond acceptors (Lipinski definition) is 6. The maximum absolute atomic E-state index is 12.7. The van der Waals surface area contributed by atoms with E-state index in [4.69, 9.17) is 4.74 Å². The van der Waals surface area contributed by atoms with Gasteiger partial charge in [0.15, 0.2) is 0 Å². The van der Waals surface area contributed by atoms with Crippen LogP contribution in [0.5, 0.6) is 0 Å². The van der Waals surface area contributed by atoms with Crippen molar-refractivity contribution in [2.24, 2.45) is 0 Å². The highest BCUT2D eigenvalue weighted by molar-refractivity contribution is 5.99. The SMILES string of the molecule is CCN(CC(=O)Nc1ccc(N2CCOCC2)cc1)C(=O)c1cccc([N+](=O)[O-])c1. The van der Waals surface area contributed by atoms with Gasteiger partial charge in [0.1, 0.15) is 6.54 Å². The average Bonchev–Trinajstić information content (AvgIpc) is 2.78. The van der Waals surface area contributed by atoms with Crippen LogP contribution in [-0.4, -0.2) is 61.0 Å². The van der Waals surface area contributed by atoms with Gasteiger partial charge in [0.25, 0.3) is 11.6 Å². The molecule has 0 bridgehead atoms. The number of morpholine rings is 1. The lowest BCUT2D eigenvalue weighted by molar-refractivity contribution is -0.384.